The van der Waals surface area contributed by atoms with Crippen molar-refractivity contribution in [3.8, 4) is 33.8 Å². The van der Waals surface area contributed by atoms with Crippen LogP contribution in [0.5, 0.6) is 0 Å². The minimum absolute atomic E-state index is 0. The number of esters is 2. The van der Waals surface area contributed by atoms with Crippen molar-refractivity contribution in [3.05, 3.63) is 198 Å². The van der Waals surface area contributed by atoms with E-state index in [0.29, 0.717) is 78.6 Å². The van der Waals surface area contributed by atoms with Crippen LogP contribution < -0.4 is 37.6 Å². The molecule has 13 N–H and O–H groups in total. The summed E-state index contributed by atoms with van der Waals surface area (Å²) in [6.45, 7) is 15.8. The van der Waals surface area contributed by atoms with Crippen molar-refractivity contribution in [1.29, 1.82) is 0 Å². The Hall–Kier alpha value is -11.1. The summed E-state index contributed by atoms with van der Waals surface area (Å²) in [5, 5.41) is 81.5. The highest BCUT2D eigenvalue weighted by Crippen LogP contribution is 2.26. The standard InChI is InChI=1S/C29H38BN7O4.C27H34N8O3.C22H25N7O2.2ClH/c1-5-21-16-34-37-26(21)35-28(32-17-23(38)18-41-27(39)24(19(2)3)14-30(4)40)36-29(37)33-15-20-9-11-22(12-10-20)25-8-6-7-13-31-25;1-4-19-14-32-35-24(19)33-26(30-15-21(36)16-38-25(37)23(28)17(2)3)34-27(35)31-13-18-8-10-20(11-9-18)22-7-5-6-12-29-22;1-2-16-12-26-29-20(16)27-21(24-13-18(31)14-30)28-22(29)25-11-15-6-8-17(9-7-15)19-5-3-4-10-23-19;;/h6-13,16,19,23-24,38,40H,5,14-15,17-18H2,1-4H3,(H2,32,33,35,36);5-12,14,17,21,23,36H,4,13,15-16,28H2,1-3H3,(H2,30,31,33,34);3-10,12,18,30-31H,2,11,13-14H2,1H3,(H2,24,25,27,28);2*1H/t23-,24-;21-,23-;18-;;/m111../s1. The number of nitrogens with one attached hydrogen (secondary N) is 6. The number of fused-ring (bicyclic) bond motifs is 3. The first kappa shape index (κ1) is 86.5. The van der Waals surface area contributed by atoms with Crippen molar-refractivity contribution < 1.29 is 44.5 Å². The molecule has 0 saturated heterocycles. The molecule has 31 nitrogen and oxygen atoms in total. The van der Waals surface area contributed by atoms with E-state index in [2.05, 4.69) is 92.1 Å². The van der Waals surface area contributed by atoms with E-state index < -0.39 is 49.1 Å². The van der Waals surface area contributed by atoms with Crippen LogP contribution in [0.15, 0.2) is 165 Å². The van der Waals surface area contributed by atoms with Crippen molar-refractivity contribution in [3.63, 3.8) is 0 Å². The van der Waals surface area contributed by atoms with Gasteiger partial charge in [-0.3, -0.25) is 24.5 Å². The van der Waals surface area contributed by atoms with E-state index >= 15 is 0 Å². The molecule has 9 aromatic heterocycles. The van der Waals surface area contributed by atoms with Crippen LogP contribution in [0.4, 0.5) is 35.7 Å². The Balaban J connectivity index is 0.000000211. The maximum atomic E-state index is 12.5. The molecule has 0 fully saturated rings. The van der Waals surface area contributed by atoms with Gasteiger partial charge in [0.25, 0.3) is 6.92 Å². The Morgan fingerprint density at radius 2 is 0.795 bits per heavy atom. The van der Waals surface area contributed by atoms with Gasteiger partial charge in [0.2, 0.25) is 35.7 Å². The third-order valence-corrected chi connectivity index (χ3v) is 17.8. The molecule has 12 aromatic rings. The Morgan fingerprint density at radius 1 is 0.464 bits per heavy atom. The number of anilines is 6. The molecule has 0 aliphatic rings. The topological polar surface area (TPSA) is 420 Å². The largest absolute Gasteiger partial charge is 0.463 e. The van der Waals surface area contributed by atoms with Gasteiger partial charge in [-0.1, -0.05) is 146 Å². The molecule has 0 amide bonds. The van der Waals surface area contributed by atoms with Gasteiger partial charge in [0.05, 0.1) is 54.3 Å². The van der Waals surface area contributed by atoms with Crippen LogP contribution in [-0.2, 0) is 58.0 Å². The molecule has 9 heterocycles. The first-order valence-corrected chi connectivity index (χ1v) is 36.9. The molecule has 5 atom stereocenters. The lowest BCUT2D eigenvalue weighted by Crippen LogP contribution is -2.39. The van der Waals surface area contributed by atoms with Crippen molar-refractivity contribution in [1.82, 2.24) is 73.7 Å². The predicted octanol–water partition coefficient (Wildman–Crippen LogP) is 9.19. The fourth-order valence-electron chi connectivity index (χ4n) is 11.3. The smallest absolute Gasteiger partial charge is 0.323 e. The number of aliphatic hydroxyl groups is 4. The first-order chi connectivity index (χ1) is 53.3. The summed E-state index contributed by atoms with van der Waals surface area (Å²) in [6, 6.07) is 41.3. The van der Waals surface area contributed by atoms with E-state index in [9.17, 15) is 29.9 Å². The number of halogens is 2. The number of pyridine rings is 3. The maximum absolute atomic E-state index is 12.5. The molecule has 112 heavy (non-hydrogen) atoms. The lowest BCUT2D eigenvalue weighted by Gasteiger charge is -2.21. The van der Waals surface area contributed by atoms with Crippen LogP contribution in [0.25, 0.3) is 50.7 Å². The van der Waals surface area contributed by atoms with Crippen LogP contribution >= 0.6 is 24.8 Å². The second kappa shape index (κ2) is 42.9. The molecule has 0 aliphatic carbocycles. The van der Waals surface area contributed by atoms with Crippen molar-refractivity contribution in [2.45, 2.75) is 125 Å². The Morgan fingerprint density at radius 3 is 1.08 bits per heavy atom. The van der Waals surface area contributed by atoms with Crippen LogP contribution in [0, 0.1) is 17.8 Å². The molecule has 0 radical (unpaired) electrons. The third kappa shape index (κ3) is 24.2. The van der Waals surface area contributed by atoms with Crippen molar-refractivity contribution in [2.75, 3.05) is 71.4 Å². The number of aromatic nitrogens is 15. The summed E-state index contributed by atoms with van der Waals surface area (Å²) in [6.07, 6.45) is 10.4. The second-order valence-corrected chi connectivity index (χ2v) is 26.9. The quantitative estimate of drug-likeness (QED) is 0.0130. The highest BCUT2D eigenvalue weighted by atomic mass is 35.5. The molecule has 0 bridgehead atoms. The van der Waals surface area contributed by atoms with Gasteiger partial charge >= 0.3 is 11.9 Å². The maximum Gasteiger partial charge on any atom is 0.323 e. The van der Waals surface area contributed by atoms with Gasteiger partial charge in [0.1, 0.15) is 31.5 Å². The molecule has 0 spiro atoms. The zero-order chi connectivity index (χ0) is 78.1. The summed E-state index contributed by atoms with van der Waals surface area (Å²) in [5.41, 5.74) is 19.9. The zero-order valence-electron chi connectivity index (χ0n) is 63.9. The molecule has 0 aliphatic heterocycles. The summed E-state index contributed by atoms with van der Waals surface area (Å²) < 4.78 is 15.5. The fraction of sp³-hybridized carbons (Fsp3) is 0.359. The van der Waals surface area contributed by atoms with Gasteiger partial charge in [-0.15, -0.1) is 24.8 Å². The van der Waals surface area contributed by atoms with E-state index in [4.69, 9.17) is 20.3 Å². The van der Waals surface area contributed by atoms with Crippen LogP contribution in [0.1, 0.15) is 81.8 Å². The summed E-state index contributed by atoms with van der Waals surface area (Å²) in [4.78, 5) is 65.0. The number of aliphatic hydroxyl groups excluding tert-OH is 4. The zero-order valence-corrected chi connectivity index (χ0v) is 65.5. The highest BCUT2D eigenvalue weighted by Gasteiger charge is 2.28. The van der Waals surface area contributed by atoms with Crippen LogP contribution in [0.3, 0.4) is 0 Å². The average Bonchev–Trinajstić information content (AvgIpc) is 1.65. The summed E-state index contributed by atoms with van der Waals surface area (Å²) in [5.74, 6) is 1.13. The number of nitrogens with two attached hydrogens (primary N) is 1. The van der Waals surface area contributed by atoms with E-state index in [0.717, 1.165) is 86.4 Å². The first-order valence-electron chi connectivity index (χ1n) is 36.9. The van der Waals surface area contributed by atoms with Gasteiger partial charge in [-0.25, -0.2) is 0 Å². The fourth-order valence-corrected chi connectivity index (χ4v) is 11.3. The molecular weight excluding hydrogens is 1470 g/mol. The number of hydrogen-bond donors (Lipinski definition) is 12. The van der Waals surface area contributed by atoms with Crippen LogP contribution in [-0.4, -0.2) is 182 Å². The molecular formula is C78H99BCl2N22O9. The van der Waals surface area contributed by atoms with E-state index in [-0.39, 0.29) is 76.1 Å². The normalized spacial score (nSPS) is 12.4. The highest BCUT2D eigenvalue weighted by molar-refractivity contribution is 6.49. The van der Waals surface area contributed by atoms with Gasteiger partial charge < -0.3 is 72.6 Å². The minimum atomic E-state index is -0.970. The van der Waals surface area contributed by atoms with E-state index in [1.54, 1.807) is 57.6 Å². The lowest BCUT2D eigenvalue weighted by molar-refractivity contribution is -0.152. The molecule has 0 saturated carbocycles. The molecule has 3 aromatic carbocycles. The number of benzene rings is 3. The molecule has 592 valence electrons. The molecule has 12 rings (SSSR count). The number of carbonyl (C=O) groups is 2. The van der Waals surface area contributed by atoms with Gasteiger partial charge in [0, 0.05) is 91.2 Å². The third-order valence-electron chi connectivity index (χ3n) is 17.8. The number of aryl methyl sites for hydroxylation is 3. The summed E-state index contributed by atoms with van der Waals surface area (Å²) >= 11 is 0. The van der Waals surface area contributed by atoms with Gasteiger partial charge in [0.15, 0.2) is 16.9 Å². The number of hydrogen-bond acceptors (Lipinski definition) is 28. The SMILES string of the molecule is CCc1cnn2c(NCc3ccc(-c4ccccn4)cc3)nc(NC[C@@H](O)CO)nc12.CCc1cnn2c(NCc3ccc(-c4ccccn4)cc3)nc(NC[C@@H](O)COC(=O)[C@H](CB(C)O)C(C)C)nc12.CCc1cnn2c(NCc3ccc(-c4ccccn4)cc3)nc(NC[C@@H](O)COC(=O)[C@H](N)C(C)C)nc12.Cl.Cl. The Kier molecular flexibility index (Phi) is 33.1. The van der Waals surface area contributed by atoms with E-state index in [1.165, 1.54) is 0 Å². The lowest BCUT2D eigenvalue weighted by atomic mass is 9.62. The number of nitrogens with zero attached hydrogens (tertiary/aromatic N) is 15. The van der Waals surface area contributed by atoms with Crippen molar-refractivity contribution in [2.24, 2.45) is 23.5 Å². The van der Waals surface area contributed by atoms with E-state index in [1.807, 2.05) is 176 Å². The minimum Gasteiger partial charge on any atom is -0.463 e. The molecule has 34 heteroatoms. The number of ether oxygens (including phenoxy) is 2. The second-order valence-electron chi connectivity index (χ2n) is 26.9. The van der Waals surface area contributed by atoms with Gasteiger partial charge in [-0.2, -0.15) is 58.7 Å². The van der Waals surface area contributed by atoms with Crippen LogP contribution in [0.2, 0.25) is 13.1 Å². The Bertz CT molecular complexity index is 4870. The number of rotatable bonds is 35. The Labute approximate surface area is 662 Å². The summed E-state index contributed by atoms with van der Waals surface area (Å²) in [7, 11) is 0. The number of carbonyl (C=O) groups excluding carboxylic acids is 2. The molecule has 0 unspecified atom stereocenters. The van der Waals surface area contributed by atoms with Crippen molar-refractivity contribution >= 4 is 96.3 Å². The average molecular weight is 1570 g/mol. The predicted molar refractivity (Wildman–Crippen MR) is 438 cm³/mol. The van der Waals surface area contributed by atoms with Gasteiger partial charge in [-0.05, 0) is 90.5 Å². The monoisotopic (exact) mass is 1570 g/mol.